The summed E-state index contributed by atoms with van der Waals surface area (Å²) in [5.41, 5.74) is 0. The summed E-state index contributed by atoms with van der Waals surface area (Å²) in [6.45, 7) is -0.542. The minimum atomic E-state index is -4.56. The Balaban J connectivity index is 1.65. The third-order valence-electron chi connectivity index (χ3n) is 5.01. The first-order chi connectivity index (χ1) is 15.6. The lowest BCUT2D eigenvalue weighted by Crippen LogP contribution is -2.42. The van der Waals surface area contributed by atoms with Gasteiger partial charge in [-0.15, -0.1) is 0 Å². The summed E-state index contributed by atoms with van der Waals surface area (Å²) < 4.78 is 78.2. The summed E-state index contributed by atoms with van der Waals surface area (Å²) >= 11 is 0. The molecule has 0 bridgehead atoms. The van der Waals surface area contributed by atoms with E-state index in [1.165, 1.54) is 18.2 Å². The standard InChI is InChI=1S/C21H21F3N2O6S/c1-31-21(28)17-11-13(32-18-8-3-2-5-14(18)22)12-26(17)19(27)9-10-25-33(29,30)20-15(23)6-4-7-16(20)24/h2-8,13,17,25H,9-12H2,1H3. The molecule has 1 heterocycles. The molecule has 0 radical (unpaired) electrons. The Hall–Kier alpha value is -3.12. The van der Waals surface area contributed by atoms with Gasteiger partial charge in [-0.05, 0) is 24.3 Å². The average Bonchev–Trinajstić information content (AvgIpc) is 3.18. The van der Waals surface area contributed by atoms with E-state index in [4.69, 9.17) is 9.47 Å². The first-order valence-electron chi connectivity index (χ1n) is 9.86. The fourth-order valence-corrected chi connectivity index (χ4v) is 4.65. The summed E-state index contributed by atoms with van der Waals surface area (Å²) in [4.78, 5) is 24.8. The average molecular weight is 486 g/mol. The van der Waals surface area contributed by atoms with Crippen LogP contribution >= 0.6 is 0 Å². The molecule has 3 rings (SSSR count). The van der Waals surface area contributed by atoms with Crippen LogP contribution in [-0.2, 0) is 24.3 Å². The number of methoxy groups -OCH3 is 1. The van der Waals surface area contributed by atoms with Gasteiger partial charge in [-0.1, -0.05) is 18.2 Å². The molecule has 0 aliphatic carbocycles. The molecule has 33 heavy (non-hydrogen) atoms. The minimum Gasteiger partial charge on any atom is -0.485 e. The third kappa shape index (κ3) is 5.63. The third-order valence-corrected chi connectivity index (χ3v) is 6.52. The highest BCUT2D eigenvalue weighted by atomic mass is 32.2. The monoisotopic (exact) mass is 486 g/mol. The lowest BCUT2D eigenvalue weighted by molar-refractivity contribution is -0.150. The van der Waals surface area contributed by atoms with Crippen LogP contribution < -0.4 is 9.46 Å². The van der Waals surface area contributed by atoms with E-state index < -0.39 is 69.4 Å². The normalized spacial score (nSPS) is 18.2. The molecule has 2 unspecified atom stereocenters. The van der Waals surface area contributed by atoms with E-state index in [2.05, 4.69) is 0 Å². The van der Waals surface area contributed by atoms with Gasteiger partial charge in [0, 0.05) is 19.4 Å². The van der Waals surface area contributed by atoms with Crippen molar-refractivity contribution < 1.29 is 40.7 Å². The van der Waals surface area contributed by atoms with E-state index in [9.17, 15) is 31.2 Å². The molecule has 12 heteroatoms. The highest BCUT2D eigenvalue weighted by Crippen LogP contribution is 2.26. The molecule has 2 atom stereocenters. The molecule has 0 saturated carbocycles. The number of halogens is 3. The number of esters is 1. The number of carbonyl (C=O) groups excluding carboxylic acids is 2. The smallest absolute Gasteiger partial charge is 0.328 e. The zero-order valence-electron chi connectivity index (χ0n) is 17.5. The second kappa shape index (κ2) is 10.2. The lowest BCUT2D eigenvalue weighted by atomic mass is 10.2. The molecular weight excluding hydrogens is 465 g/mol. The summed E-state index contributed by atoms with van der Waals surface area (Å²) in [5, 5.41) is 0. The summed E-state index contributed by atoms with van der Waals surface area (Å²) in [7, 11) is -3.41. The number of benzene rings is 2. The van der Waals surface area contributed by atoms with Crippen molar-refractivity contribution in [3.63, 3.8) is 0 Å². The zero-order valence-corrected chi connectivity index (χ0v) is 18.3. The molecular formula is C21H21F3N2O6S. The fraction of sp³-hybridized carbons (Fsp3) is 0.333. The van der Waals surface area contributed by atoms with E-state index >= 15 is 0 Å². The second-order valence-corrected chi connectivity index (χ2v) is 8.89. The zero-order chi connectivity index (χ0) is 24.2. The van der Waals surface area contributed by atoms with Crippen LogP contribution in [0.2, 0.25) is 0 Å². The van der Waals surface area contributed by atoms with E-state index in [0.717, 1.165) is 30.2 Å². The number of hydrogen-bond donors (Lipinski definition) is 1. The fourth-order valence-electron chi connectivity index (χ4n) is 3.49. The summed E-state index contributed by atoms with van der Waals surface area (Å²) in [5.74, 6) is -4.52. The minimum absolute atomic E-state index is 0.0406. The Kier molecular flexibility index (Phi) is 7.59. The number of sulfonamides is 1. The Labute approximate surface area is 188 Å². The lowest BCUT2D eigenvalue weighted by Gasteiger charge is -2.22. The number of hydrogen-bond acceptors (Lipinski definition) is 6. The van der Waals surface area contributed by atoms with Crippen molar-refractivity contribution in [3.8, 4) is 5.75 Å². The van der Waals surface area contributed by atoms with E-state index in [1.807, 2.05) is 4.72 Å². The van der Waals surface area contributed by atoms with Gasteiger partial charge in [-0.2, -0.15) is 0 Å². The quantitative estimate of drug-likeness (QED) is 0.573. The van der Waals surface area contributed by atoms with Crippen LogP contribution in [0.3, 0.4) is 0 Å². The maximum Gasteiger partial charge on any atom is 0.328 e. The highest BCUT2D eigenvalue weighted by Gasteiger charge is 2.41. The number of amides is 1. The molecule has 1 aliphatic rings. The van der Waals surface area contributed by atoms with Crippen molar-refractivity contribution in [2.24, 2.45) is 0 Å². The number of para-hydroxylation sites is 1. The molecule has 1 saturated heterocycles. The summed E-state index contributed by atoms with van der Waals surface area (Å²) in [6, 6.07) is 7.26. The van der Waals surface area contributed by atoms with Gasteiger partial charge in [-0.3, -0.25) is 4.79 Å². The largest absolute Gasteiger partial charge is 0.485 e. The number of carbonyl (C=O) groups is 2. The van der Waals surface area contributed by atoms with Gasteiger partial charge >= 0.3 is 5.97 Å². The Bertz CT molecular complexity index is 1120. The Morgan fingerprint density at radius 3 is 2.33 bits per heavy atom. The second-order valence-electron chi connectivity index (χ2n) is 7.19. The van der Waals surface area contributed by atoms with Crippen LogP contribution in [0.15, 0.2) is 47.4 Å². The number of ether oxygens (including phenoxy) is 2. The molecule has 1 N–H and O–H groups in total. The highest BCUT2D eigenvalue weighted by molar-refractivity contribution is 7.89. The maximum absolute atomic E-state index is 13.9. The number of nitrogens with zero attached hydrogens (tertiary/aromatic N) is 1. The molecule has 8 nitrogen and oxygen atoms in total. The van der Waals surface area contributed by atoms with Gasteiger partial charge in [-0.25, -0.2) is 31.1 Å². The Morgan fingerprint density at radius 1 is 1.06 bits per heavy atom. The molecule has 0 aromatic heterocycles. The number of rotatable bonds is 8. The number of likely N-dealkylation sites (tertiary alicyclic amines) is 1. The van der Waals surface area contributed by atoms with Gasteiger partial charge in [0.05, 0.1) is 13.7 Å². The molecule has 2 aromatic rings. The molecule has 2 aromatic carbocycles. The SMILES string of the molecule is COC(=O)C1CC(Oc2ccccc2F)CN1C(=O)CCNS(=O)(=O)c1c(F)cccc1F. The van der Waals surface area contributed by atoms with Crippen molar-refractivity contribution in [1.82, 2.24) is 9.62 Å². The molecule has 0 spiro atoms. The van der Waals surface area contributed by atoms with Gasteiger partial charge in [0.25, 0.3) is 0 Å². The van der Waals surface area contributed by atoms with Crippen molar-refractivity contribution in [3.05, 3.63) is 59.9 Å². The maximum atomic E-state index is 13.9. The Morgan fingerprint density at radius 2 is 1.70 bits per heavy atom. The first kappa shape index (κ1) is 24.5. The number of nitrogens with one attached hydrogen (secondary N) is 1. The van der Waals surface area contributed by atoms with Gasteiger partial charge < -0.3 is 14.4 Å². The van der Waals surface area contributed by atoms with E-state index in [-0.39, 0.29) is 18.7 Å². The van der Waals surface area contributed by atoms with Crippen LogP contribution in [0.4, 0.5) is 13.2 Å². The summed E-state index contributed by atoms with van der Waals surface area (Å²) in [6.07, 6.45) is -1.08. The van der Waals surface area contributed by atoms with E-state index in [1.54, 1.807) is 6.07 Å². The van der Waals surface area contributed by atoms with Gasteiger partial charge in [0.15, 0.2) is 16.5 Å². The molecule has 1 amide bonds. The van der Waals surface area contributed by atoms with Crippen molar-refractivity contribution >= 4 is 21.9 Å². The van der Waals surface area contributed by atoms with Crippen LogP contribution in [-0.4, -0.2) is 57.5 Å². The van der Waals surface area contributed by atoms with Crippen LogP contribution in [0.1, 0.15) is 12.8 Å². The van der Waals surface area contributed by atoms with Crippen LogP contribution in [0.25, 0.3) is 0 Å². The van der Waals surface area contributed by atoms with Crippen molar-refractivity contribution in [1.29, 1.82) is 0 Å². The molecule has 178 valence electrons. The first-order valence-corrected chi connectivity index (χ1v) is 11.3. The van der Waals surface area contributed by atoms with Crippen molar-refractivity contribution in [2.75, 3.05) is 20.2 Å². The van der Waals surface area contributed by atoms with Crippen molar-refractivity contribution in [2.45, 2.75) is 29.9 Å². The molecule has 1 aliphatic heterocycles. The predicted molar refractivity (Wildman–Crippen MR) is 109 cm³/mol. The van der Waals surface area contributed by atoms with Gasteiger partial charge in [0.2, 0.25) is 15.9 Å². The topological polar surface area (TPSA) is 102 Å². The predicted octanol–water partition coefficient (Wildman–Crippen LogP) is 1.99. The van der Waals surface area contributed by atoms with Crippen LogP contribution in [0, 0.1) is 17.5 Å². The molecule has 1 fully saturated rings. The van der Waals surface area contributed by atoms with E-state index in [0.29, 0.717) is 0 Å². The van der Waals surface area contributed by atoms with Crippen LogP contribution in [0.5, 0.6) is 5.75 Å². The van der Waals surface area contributed by atoms with Gasteiger partial charge in [0.1, 0.15) is 23.8 Å².